The molecule has 0 saturated heterocycles. The number of hydrogen-bond donors (Lipinski definition) is 1. The van der Waals surface area contributed by atoms with Gasteiger partial charge in [-0.3, -0.25) is 0 Å². The Hall–Kier alpha value is -0.650. The van der Waals surface area contributed by atoms with E-state index in [2.05, 4.69) is 42.9 Å². The van der Waals surface area contributed by atoms with Gasteiger partial charge in [-0.25, -0.2) is 4.98 Å². The van der Waals surface area contributed by atoms with E-state index in [0.717, 1.165) is 31.8 Å². The number of hydrogen-bond acceptors (Lipinski definition) is 3. The Bertz CT molecular complexity index is 464. The van der Waals surface area contributed by atoms with Gasteiger partial charge in [0.1, 0.15) is 5.82 Å². The van der Waals surface area contributed by atoms with Crippen LogP contribution >= 0.6 is 27.3 Å². The van der Waals surface area contributed by atoms with Crippen molar-refractivity contribution in [3.63, 3.8) is 0 Å². The van der Waals surface area contributed by atoms with Crippen LogP contribution in [0.25, 0.3) is 0 Å². The summed E-state index contributed by atoms with van der Waals surface area (Å²) in [5.74, 6) is 1.14. The van der Waals surface area contributed by atoms with Gasteiger partial charge in [0, 0.05) is 37.3 Å². The minimum atomic E-state index is 0.984. The van der Waals surface area contributed by atoms with Gasteiger partial charge in [-0.15, -0.1) is 11.3 Å². The fourth-order valence-electron chi connectivity index (χ4n) is 1.66. The Balaban J connectivity index is 1.62. The normalized spacial score (nSPS) is 10.9. The smallest absolute Gasteiger partial charge is 0.109 e. The number of rotatable bonds is 6. The Kier molecular flexibility index (Phi) is 4.76. The van der Waals surface area contributed by atoms with Crippen molar-refractivity contribution in [2.45, 2.75) is 12.8 Å². The third kappa shape index (κ3) is 3.94. The molecule has 2 aromatic rings. The maximum atomic E-state index is 4.29. The molecule has 0 aliphatic carbocycles. The van der Waals surface area contributed by atoms with Crippen molar-refractivity contribution >= 4 is 27.3 Å². The van der Waals surface area contributed by atoms with E-state index in [1.54, 1.807) is 11.3 Å². The van der Waals surface area contributed by atoms with Gasteiger partial charge >= 0.3 is 0 Å². The van der Waals surface area contributed by atoms with Crippen molar-refractivity contribution in [1.82, 2.24) is 14.9 Å². The fourth-order valence-corrected chi connectivity index (χ4v) is 3.14. The average molecular weight is 314 g/mol. The summed E-state index contributed by atoms with van der Waals surface area (Å²) in [6.45, 7) is 2.01. The fraction of sp³-hybridized carbons (Fsp3) is 0.417. The van der Waals surface area contributed by atoms with E-state index >= 15 is 0 Å². The number of halogens is 1. The van der Waals surface area contributed by atoms with E-state index in [-0.39, 0.29) is 0 Å². The van der Waals surface area contributed by atoms with Crippen LogP contribution in [0.4, 0.5) is 0 Å². The van der Waals surface area contributed by atoms with Crippen LogP contribution in [-0.2, 0) is 19.9 Å². The first-order chi connectivity index (χ1) is 8.25. The van der Waals surface area contributed by atoms with E-state index in [4.69, 9.17) is 0 Å². The quantitative estimate of drug-likeness (QED) is 0.831. The molecule has 0 radical (unpaired) electrons. The summed E-state index contributed by atoms with van der Waals surface area (Å²) < 4.78 is 3.28. The first-order valence-electron chi connectivity index (χ1n) is 5.67. The van der Waals surface area contributed by atoms with E-state index in [0.29, 0.717) is 0 Å². The number of nitrogens with zero attached hydrogens (tertiary/aromatic N) is 2. The maximum Gasteiger partial charge on any atom is 0.109 e. The van der Waals surface area contributed by atoms with Crippen LogP contribution in [0.2, 0.25) is 0 Å². The number of aromatic nitrogens is 2. The molecular formula is C12H16BrN3S. The zero-order valence-corrected chi connectivity index (χ0v) is 12.2. The lowest BCUT2D eigenvalue weighted by atomic mass is 10.3. The predicted octanol–water partition coefficient (Wildman–Crippen LogP) is 2.62. The molecule has 0 spiro atoms. The highest BCUT2D eigenvalue weighted by Crippen LogP contribution is 2.21. The first kappa shape index (κ1) is 12.8. The summed E-state index contributed by atoms with van der Waals surface area (Å²) in [7, 11) is 2.03. The molecule has 0 bridgehead atoms. The maximum absolute atomic E-state index is 4.29. The van der Waals surface area contributed by atoms with E-state index in [1.807, 2.05) is 19.4 Å². The lowest BCUT2D eigenvalue weighted by molar-refractivity contribution is 0.655. The lowest BCUT2D eigenvalue weighted by Gasteiger charge is -2.04. The molecule has 92 valence electrons. The minimum Gasteiger partial charge on any atom is -0.338 e. The van der Waals surface area contributed by atoms with Crippen molar-refractivity contribution in [3.05, 3.63) is 39.0 Å². The lowest BCUT2D eigenvalue weighted by Crippen LogP contribution is -2.20. The molecule has 0 aliphatic heterocycles. The van der Waals surface area contributed by atoms with Gasteiger partial charge in [0.15, 0.2) is 0 Å². The van der Waals surface area contributed by atoms with Crippen LogP contribution in [0.15, 0.2) is 28.3 Å². The molecule has 0 amide bonds. The van der Waals surface area contributed by atoms with Crippen molar-refractivity contribution in [1.29, 1.82) is 0 Å². The van der Waals surface area contributed by atoms with Gasteiger partial charge in [-0.05, 0) is 41.0 Å². The van der Waals surface area contributed by atoms with Crippen LogP contribution < -0.4 is 5.32 Å². The van der Waals surface area contributed by atoms with Gasteiger partial charge in [0.2, 0.25) is 0 Å². The topological polar surface area (TPSA) is 29.9 Å². The second kappa shape index (κ2) is 6.33. The molecule has 17 heavy (non-hydrogen) atoms. The van der Waals surface area contributed by atoms with Gasteiger partial charge < -0.3 is 9.88 Å². The Morgan fingerprint density at radius 2 is 2.18 bits per heavy atom. The third-order valence-electron chi connectivity index (χ3n) is 2.62. The summed E-state index contributed by atoms with van der Waals surface area (Å²) in [5.41, 5.74) is 0. The molecular weight excluding hydrogens is 298 g/mol. The van der Waals surface area contributed by atoms with E-state index in [1.165, 1.54) is 8.66 Å². The minimum absolute atomic E-state index is 0.984. The van der Waals surface area contributed by atoms with E-state index < -0.39 is 0 Å². The molecule has 0 aliphatic rings. The largest absolute Gasteiger partial charge is 0.338 e. The Morgan fingerprint density at radius 1 is 1.35 bits per heavy atom. The van der Waals surface area contributed by atoms with Crippen LogP contribution in [0.5, 0.6) is 0 Å². The highest BCUT2D eigenvalue weighted by molar-refractivity contribution is 9.11. The van der Waals surface area contributed by atoms with Gasteiger partial charge in [-0.1, -0.05) is 0 Å². The first-order valence-corrected chi connectivity index (χ1v) is 7.28. The molecule has 3 nitrogen and oxygen atoms in total. The average Bonchev–Trinajstić information content (AvgIpc) is 2.88. The van der Waals surface area contributed by atoms with E-state index in [9.17, 15) is 0 Å². The SMILES string of the molecule is Cn1ccnc1CCNCCc1ccc(Br)s1. The molecule has 0 unspecified atom stereocenters. The zero-order valence-electron chi connectivity index (χ0n) is 9.82. The van der Waals surface area contributed by atoms with Crippen molar-refractivity contribution in [2.24, 2.45) is 7.05 Å². The molecule has 1 N–H and O–H groups in total. The standard InChI is InChI=1S/C12H16BrN3S/c1-16-9-8-15-12(16)5-7-14-6-4-10-2-3-11(13)17-10/h2-3,8-9,14H,4-7H2,1H3. The van der Waals surface area contributed by atoms with Crippen molar-refractivity contribution < 1.29 is 0 Å². The summed E-state index contributed by atoms with van der Waals surface area (Å²) in [4.78, 5) is 5.71. The molecule has 2 heterocycles. The third-order valence-corrected chi connectivity index (χ3v) is 4.31. The zero-order chi connectivity index (χ0) is 12.1. The van der Waals surface area contributed by atoms with Crippen LogP contribution in [-0.4, -0.2) is 22.6 Å². The summed E-state index contributed by atoms with van der Waals surface area (Å²) in [5, 5.41) is 3.45. The monoisotopic (exact) mass is 313 g/mol. The van der Waals surface area contributed by atoms with Crippen molar-refractivity contribution in [2.75, 3.05) is 13.1 Å². The number of imidazole rings is 1. The Morgan fingerprint density at radius 3 is 2.82 bits per heavy atom. The highest BCUT2D eigenvalue weighted by Gasteiger charge is 1.99. The van der Waals surface area contributed by atoms with Gasteiger partial charge in [0.25, 0.3) is 0 Å². The molecule has 5 heteroatoms. The summed E-state index contributed by atoms with van der Waals surface area (Å²) >= 11 is 5.28. The molecule has 2 rings (SSSR count). The van der Waals surface area contributed by atoms with Crippen LogP contribution in [0.1, 0.15) is 10.7 Å². The number of thiophene rings is 1. The van der Waals surface area contributed by atoms with Gasteiger partial charge in [0.05, 0.1) is 3.79 Å². The molecule has 2 aromatic heterocycles. The van der Waals surface area contributed by atoms with Crippen LogP contribution in [0.3, 0.4) is 0 Å². The van der Waals surface area contributed by atoms with Gasteiger partial charge in [-0.2, -0.15) is 0 Å². The summed E-state index contributed by atoms with van der Waals surface area (Å²) in [6, 6.07) is 4.28. The second-order valence-electron chi connectivity index (χ2n) is 3.91. The second-order valence-corrected chi connectivity index (χ2v) is 6.46. The predicted molar refractivity (Wildman–Crippen MR) is 75.5 cm³/mol. The molecule has 0 atom stereocenters. The Labute approximate surface area is 114 Å². The number of nitrogens with one attached hydrogen (secondary N) is 1. The molecule has 0 aromatic carbocycles. The van der Waals surface area contributed by atoms with Crippen molar-refractivity contribution in [3.8, 4) is 0 Å². The highest BCUT2D eigenvalue weighted by atomic mass is 79.9. The summed E-state index contributed by atoms with van der Waals surface area (Å²) in [6.07, 6.45) is 5.91. The number of aryl methyl sites for hydroxylation is 1. The van der Waals surface area contributed by atoms with Crippen LogP contribution in [0, 0.1) is 0 Å². The molecule has 0 saturated carbocycles. The molecule has 0 fully saturated rings.